The number of carbonyl (C=O) groups excluding carboxylic acids is 1. The van der Waals surface area contributed by atoms with Gasteiger partial charge in [0.15, 0.2) is 0 Å². The van der Waals surface area contributed by atoms with Gasteiger partial charge in [-0.3, -0.25) is 4.79 Å². The average Bonchev–Trinajstić information content (AvgIpc) is 2.42. The molecule has 1 rings (SSSR count). The molecule has 0 saturated carbocycles. The number of hydrogen-bond donors (Lipinski definition) is 1. The number of halogens is 1. The molecular formula is C16H24BrNO. The molecule has 106 valence electrons. The maximum Gasteiger partial charge on any atom is 0.224 e. The van der Waals surface area contributed by atoms with E-state index in [1.54, 1.807) is 0 Å². The number of unbranched alkanes of at least 4 members (excludes halogenated alkanes) is 1. The van der Waals surface area contributed by atoms with E-state index in [2.05, 4.69) is 35.1 Å². The Morgan fingerprint density at radius 3 is 2.53 bits per heavy atom. The Morgan fingerprint density at radius 2 is 1.95 bits per heavy atom. The first-order chi connectivity index (χ1) is 9.15. The van der Waals surface area contributed by atoms with Crippen molar-refractivity contribution in [2.24, 2.45) is 5.92 Å². The van der Waals surface area contributed by atoms with Crippen LogP contribution in [0.1, 0.15) is 45.1 Å². The van der Waals surface area contributed by atoms with Crippen molar-refractivity contribution in [1.82, 2.24) is 5.32 Å². The smallest absolute Gasteiger partial charge is 0.224 e. The first kappa shape index (κ1) is 16.2. The molecule has 2 nitrogen and oxygen atoms in total. The summed E-state index contributed by atoms with van der Waals surface area (Å²) in [4.78, 5) is 11.9. The Balaban J connectivity index is 2.32. The van der Waals surface area contributed by atoms with Gasteiger partial charge in [0.25, 0.3) is 0 Å². The molecule has 0 aliphatic heterocycles. The summed E-state index contributed by atoms with van der Waals surface area (Å²) in [6.07, 6.45) is 5.30. The molecule has 0 radical (unpaired) electrons. The van der Waals surface area contributed by atoms with Crippen LogP contribution < -0.4 is 5.32 Å². The second kappa shape index (κ2) is 9.13. The lowest BCUT2D eigenvalue weighted by atomic mass is 9.99. The largest absolute Gasteiger partial charge is 0.356 e. The summed E-state index contributed by atoms with van der Waals surface area (Å²) in [5.41, 5.74) is 1.06. The van der Waals surface area contributed by atoms with Crippen molar-refractivity contribution in [2.45, 2.75) is 46.0 Å². The van der Waals surface area contributed by atoms with Crippen LogP contribution in [0.25, 0.3) is 0 Å². The van der Waals surface area contributed by atoms with Gasteiger partial charge in [0.05, 0.1) is 6.42 Å². The summed E-state index contributed by atoms with van der Waals surface area (Å²) in [6, 6.07) is 7.91. The minimum Gasteiger partial charge on any atom is -0.356 e. The zero-order valence-electron chi connectivity index (χ0n) is 11.9. The highest BCUT2D eigenvalue weighted by Gasteiger charge is 2.08. The molecule has 1 atom stereocenters. The molecule has 0 heterocycles. The predicted molar refractivity (Wildman–Crippen MR) is 84.2 cm³/mol. The van der Waals surface area contributed by atoms with Gasteiger partial charge in [-0.05, 0) is 30.0 Å². The number of carbonyl (C=O) groups is 1. The Morgan fingerprint density at radius 1 is 1.26 bits per heavy atom. The van der Waals surface area contributed by atoms with E-state index in [4.69, 9.17) is 0 Å². The van der Waals surface area contributed by atoms with Gasteiger partial charge in [0, 0.05) is 11.0 Å². The van der Waals surface area contributed by atoms with Crippen LogP contribution in [0, 0.1) is 5.92 Å². The molecule has 1 aromatic rings. The number of amides is 1. The van der Waals surface area contributed by atoms with Gasteiger partial charge in [-0.25, -0.2) is 0 Å². The molecule has 0 spiro atoms. The number of nitrogens with one attached hydrogen (secondary N) is 1. The summed E-state index contributed by atoms with van der Waals surface area (Å²) < 4.78 is 1.04. The normalized spacial score (nSPS) is 12.2. The highest BCUT2D eigenvalue weighted by Crippen LogP contribution is 2.12. The summed E-state index contributed by atoms with van der Waals surface area (Å²) in [5, 5.41) is 3.06. The van der Waals surface area contributed by atoms with Gasteiger partial charge in [-0.15, -0.1) is 0 Å². The van der Waals surface area contributed by atoms with Gasteiger partial charge in [0.1, 0.15) is 0 Å². The summed E-state index contributed by atoms with van der Waals surface area (Å²) in [6.45, 7) is 5.21. The molecule has 0 saturated heterocycles. The minimum atomic E-state index is 0.122. The van der Waals surface area contributed by atoms with Crippen LogP contribution in [-0.4, -0.2) is 12.5 Å². The van der Waals surface area contributed by atoms with Crippen LogP contribution in [0.5, 0.6) is 0 Å². The topological polar surface area (TPSA) is 29.1 Å². The zero-order chi connectivity index (χ0) is 14.1. The maximum atomic E-state index is 11.9. The van der Waals surface area contributed by atoms with Gasteiger partial charge >= 0.3 is 0 Å². The van der Waals surface area contributed by atoms with E-state index in [1.165, 1.54) is 19.3 Å². The van der Waals surface area contributed by atoms with Crippen LogP contribution in [0.4, 0.5) is 0 Å². The van der Waals surface area contributed by atoms with Gasteiger partial charge < -0.3 is 5.32 Å². The van der Waals surface area contributed by atoms with E-state index in [9.17, 15) is 4.79 Å². The summed E-state index contributed by atoms with van der Waals surface area (Å²) in [7, 11) is 0. The van der Waals surface area contributed by atoms with Crippen molar-refractivity contribution in [3.05, 3.63) is 34.3 Å². The SMILES string of the molecule is CCCCC(CC)CNC(=O)Cc1ccc(Br)cc1. The number of rotatable bonds is 8. The van der Waals surface area contributed by atoms with Crippen LogP contribution in [-0.2, 0) is 11.2 Å². The first-order valence-electron chi connectivity index (χ1n) is 7.16. The molecule has 1 unspecified atom stereocenters. The molecule has 1 amide bonds. The maximum absolute atomic E-state index is 11.9. The molecule has 1 N–H and O–H groups in total. The molecule has 19 heavy (non-hydrogen) atoms. The van der Waals surface area contributed by atoms with Gasteiger partial charge in [0.2, 0.25) is 5.91 Å². The fourth-order valence-electron chi connectivity index (χ4n) is 2.05. The highest BCUT2D eigenvalue weighted by atomic mass is 79.9. The van der Waals surface area contributed by atoms with Crippen LogP contribution in [0.3, 0.4) is 0 Å². The fourth-order valence-corrected chi connectivity index (χ4v) is 2.32. The number of hydrogen-bond acceptors (Lipinski definition) is 1. The van der Waals surface area contributed by atoms with Crippen molar-refractivity contribution in [3.63, 3.8) is 0 Å². The average molecular weight is 326 g/mol. The second-order valence-electron chi connectivity index (χ2n) is 5.02. The molecular weight excluding hydrogens is 302 g/mol. The lowest BCUT2D eigenvalue weighted by Gasteiger charge is -2.15. The van der Waals surface area contributed by atoms with Crippen molar-refractivity contribution < 1.29 is 4.79 Å². The molecule has 0 aliphatic carbocycles. The Labute approximate surface area is 125 Å². The second-order valence-corrected chi connectivity index (χ2v) is 5.94. The molecule has 0 aliphatic rings. The first-order valence-corrected chi connectivity index (χ1v) is 7.96. The molecule has 3 heteroatoms. The quantitative estimate of drug-likeness (QED) is 0.757. The van der Waals surface area contributed by atoms with Crippen molar-refractivity contribution in [1.29, 1.82) is 0 Å². The number of benzene rings is 1. The monoisotopic (exact) mass is 325 g/mol. The zero-order valence-corrected chi connectivity index (χ0v) is 13.5. The molecule has 0 bridgehead atoms. The summed E-state index contributed by atoms with van der Waals surface area (Å²) >= 11 is 3.39. The standard InChI is InChI=1S/C16H24BrNO/c1-3-5-6-13(4-2)12-18-16(19)11-14-7-9-15(17)10-8-14/h7-10,13H,3-6,11-12H2,1-2H3,(H,18,19). The third-order valence-corrected chi connectivity index (χ3v) is 3.94. The third kappa shape index (κ3) is 6.76. The van der Waals surface area contributed by atoms with E-state index >= 15 is 0 Å². The highest BCUT2D eigenvalue weighted by molar-refractivity contribution is 9.10. The molecule has 0 aromatic heterocycles. The Hall–Kier alpha value is -0.830. The van der Waals surface area contributed by atoms with E-state index in [-0.39, 0.29) is 5.91 Å². The van der Waals surface area contributed by atoms with E-state index in [0.717, 1.165) is 23.0 Å². The Bertz CT molecular complexity index is 375. The van der Waals surface area contributed by atoms with Crippen LogP contribution >= 0.6 is 15.9 Å². The van der Waals surface area contributed by atoms with Crippen molar-refractivity contribution in [2.75, 3.05) is 6.54 Å². The Kier molecular flexibility index (Phi) is 7.80. The molecule has 1 aromatic carbocycles. The third-order valence-electron chi connectivity index (χ3n) is 3.41. The lowest BCUT2D eigenvalue weighted by molar-refractivity contribution is -0.120. The van der Waals surface area contributed by atoms with Crippen LogP contribution in [0.2, 0.25) is 0 Å². The molecule has 0 fully saturated rings. The van der Waals surface area contributed by atoms with Crippen molar-refractivity contribution in [3.8, 4) is 0 Å². The predicted octanol–water partition coefficient (Wildman–Crippen LogP) is 4.32. The van der Waals surface area contributed by atoms with E-state index < -0.39 is 0 Å². The van der Waals surface area contributed by atoms with Gasteiger partial charge in [-0.2, -0.15) is 0 Å². The van der Waals surface area contributed by atoms with E-state index in [0.29, 0.717) is 12.3 Å². The van der Waals surface area contributed by atoms with E-state index in [1.807, 2.05) is 24.3 Å². The fraction of sp³-hybridized carbons (Fsp3) is 0.562. The summed E-state index contributed by atoms with van der Waals surface area (Å²) in [5.74, 6) is 0.742. The lowest BCUT2D eigenvalue weighted by Crippen LogP contribution is -2.30. The van der Waals surface area contributed by atoms with Crippen LogP contribution in [0.15, 0.2) is 28.7 Å². The van der Waals surface area contributed by atoms with Gasteiger partial charge in [-0.1, -0.05) is 61.2 Å². The minimum absolute atomic E-state index is 0.122. The van der Waals surface area contributed by atoms with Crippen molar-refractivity contribution >= 4 is 21.8 Å².